The molecule has 4 rings (SSSR count). The number of aromatic nitrogens is 4. The Morgan fingerprint density at radius 2 is 1.87 bits per heavy atom. The Bertz CT molecular complexity index is 1210. The van der Waals surface area contributed by atoms with Crippen LogP contribution in [-0.2, 0) is 13.5 Å². The molecule has 0 saturated heterocycles. The van der Waals surface area contributed by atoms with Crippen molar-refractivity contribution < 1.29 is 13.5 Å². The first-order chi connectivity index (χ1) is 14.5. The summed E-state index contributed by atoms with van der Waals surface area (Å²) in [6, 6.07) is 11.6. The smallest absolute Gasteiger partial charge is 0.225 e. The van der Waals surface area contributed by atoms with Crippen molar-refractivity contribution in [2.75, 3.05) is 24.7 Å². The van der Waals surface area contributed by atoms with Crippen molar-refractivity contribution in [2.24, 2.45) is 7.05 Å². The molecule has 0 aliphatic carbocycles. The fraction of sp³-hybridized carbons (Fsp3) is 0.190. The normalized spacial score (nSPS) is 11.1. The number of rotatable bonds is 6. The first kappa shape index (κ1) is 19.6. The van der Waals surface area contributed by atoms with Crippen molar-refractivity contribution in [2.45, 2.75) is 6.42 Å². The lowest BCUT2D eigenvalue weighted by molar-refractivity contribution is 0.414. The van der Waals surface area contributed by atoms with Crippen molar-refractivity contribution in [1.29, 1.82) is 0 Å². The van der Waals surface area contributed by atoms with Gasteiger partial charge in [-0.05, 0) is 36.2 Å². The van der Waals surface area contributed by atoms with Crippen molar-refractivity contribution in [1.82, 2.24) is 19.7 Å². The van der Waals surface area contributed by atoms with Gasteiger partial charge in [0, 0.05) is 19.2 Å². The van der Waals surface area contributed by atoms with Crippen molar-refractivity contribution in [3.63, 3.8) is 0 Å². The minimum absolute atomic E-state index is 0.000282. The maximum Gasteiger partial charge on any atom is 0.225 e. The number of aryl methyl sites for hydroxylation is 1. The topological polar surface area (TPSA) is 90.9 Å². The van der Waals surface area contributed by atoms with Crippen molar-refractivity contribution in [3.8, 4) is 17.0 Å². The van der Waals surface area contributed by atoms with E-state index in [0.29, 0.717) is 24.0 Å². The van der Waals surface area contributed by atoms with Crippen molar-refractivity contribution >= 4 is 22.8 Å². The Morgan fingerprint density at radius 3 is 2.60 bits per heavy atom. The van der Waals surface area contributed by atoms with Crippen LogP contribution in [0.3, 0.4) is 0 Å². The number of nitrogens with two attached hydrogens (primary N) is 1. The van der Waals surface area contributed by atoms with E-state index in [1.807, 2.05) is 24.3 Å². The quantitative estimate of drug-likeness (QED) is 0.505. The van der Waals surface area contributed by atoms with E-state index in [2.05, 4.69) is 20.4 Å². The third-order valence-corrected chi connectivity index (χ3v) is 4.80. The zero-order valence-corrected chi connectivity index (χ0v) is 16.5. The molecule has 0 saturated carbocycles. The summed E-state index contributed by atoms with van der Waals surface area (Å²) in [5.41, 5.74) is 7.68. The third-order valence-electron chi connectivity index (χ3n) is 4.80. The average Bonchev–Trinajstić information content (AvgIpc) is 3.04. The van der Waals surface area contributed by atoms with E-state index in [1.165, 1.54) is 16.8 Å². The number of ether oxygens (including phenoxy) is 1. The van der Waals surface area contributed by atoms with Gasteiger partial charge >= 0.3 is 0 Å². The molecule has 3 N–H and O–H groups in total. The second kappa shape index (κ2) is 7.94. The molecule has 2 aromatic heterocycles. The monoisotopic (exact) mass is 410 g/mol. The van der Waals surface area contributed by atoms with Gasteiger partial charge in [-0.25, -0.2) is 13.8 Å². The standard InChI is InChI=1S/C21H20F2N6O/c1-29-19(24)16-18(14-4-3-5-15(22)17(14)23)26-21(27-20(16)28-29)25-11-10-12-6-8-13(30-2)9-7-12/h3-9H,10-11,24H2,1-2H3,(H,25,27,28). The minimum atomic E-state index is -0.995. The molecule has 9 heteroatoms. The van der Waals surface area contributed by atoms with Gasteiger partial charge in [0.15, 0.2) is 17.3 Å². The fourth-order valence-electron chi connectivity index (χ4n) is 3.19. The van der Waals surface area contributed by atoms with E-state index in [0.717, 1.165) is 17.4 Å². The van der Waals surface area contributed by atoms with Gasteiger partial charge in [0.25, 0.3) is 0 Å². The van der Waals surface area contributed by atoms with E-state index in [9.17, 15) is 8.78 Å². The molecule has 30 heavy (non-hydrogen) atoms. The molecule has 0 amide bonds. The number of hydrogen-bond donors (Lipinski definition) is 2. The van der Waals surface area contributed by atoms with E-state index >= 15 is 0 Å². The summed E-state index contributed by atoms with van der Waals surface area (Å²) in [6.45, 7) is 0.533. The predicted molar refractivity (Wildman–Crippen MR) is 111 cm³/mol. The summed E-state index contributed by atoms with van der Waals surface area (Å²) in [7, 11) is 3.27. The molecular formula is C21H20F2N6O. The Kier molecular flexibility index (Phi) is 5.18. The van der Waals surface area contributed by atoms with E-state index < -0.39 is 11.6 Å². The summed E-state index contributed by atoms with van der Waals surface area (Å²) in [6.07, 6.45) is 0.708. The third kappa shape index (κ3) is 3.61. The lowest BCUT2D eigenvalue weighted by Gasteiger charge is -2.10. The molecule has 0 aliphatic heterocycles. The Morgan fingerprint density at radius 1 is 1.10 bits per heavy atom. The first-order valence-electron chi connectivity index (χ1n) is 9.29. The maximum atomic E-state index is 14.5. The van der Waals surface area contributed by atoms with Crippen LogP contribution in [0.2, 0.25) is 0 Å². The summed E-state index contributed by atoms with van der Waals surface area (Å²) in [4.78, 5) is 8.81. The van der Waals surface area contributed by atoms with Crippen LogP contribution in [0.1, 0.15) is 5.56 Å². The number of fused-ring (bicyclic) bond motifs is 1. The van der Waals surface area contributed by atoms with Gasteiger partial charge in [0.2, 0.25) is 5.95 Å². The van der Waals surface area contributed by atoms with Gasteiger partial charge in [-0.15, -0.1) is 0 Å². The minimum Gasteiger partial charge on any atom is -0.497 e. The van der Waals surface area contributed by atoms with E-state index in [4.69, 9.17) is 10.5 Å². The van der Waals surface area contributed by atoms with Gasteiger partial charge < -0.3 is 15.8 Å². The highest BCUT2D eigenvalue weighted by Gasteiger charge is 2.20. The number of methoxy groups -OCH3 is 1. The maximum absolute atomic E-state index is 14.5. The number of halogens is 2. The largest absolute Gasteiger partial charge is 0.497 e. The van der Waals surface area contributed by atoms with Gasteiger partial charge in [0.05, 0.1) is 18.2 Å². The highest BCUT2D eigenvalue weighted by atomic mass is 19.2. The lowest BCUT2D eigenvalue weighted by atomic mass is 10.1. The molecule has 4 aromatic rings. The van der Waals surface area contributed by atoms with Gasteiger partial charge in [-0.1, -0.05) is 18.2 Å². The van der Waals surface area contributed by atoms with Gasteiger partial charge in [0.1, 0.15) is 11.6 Å². The molecule has 0 unspecified atom stereocenters. The first-order valence-corrected chi connectivity index (χ1v) is 9.29. The number of nitrogens with one attached hydrogen (secondary N) is 1. The summed E-state index contributed by atoms with van der Waals surface area (Å²) < 4.78 is 34.9. The molecule has 7 nitrogen and oxygen atoms in total. The zero-order chi connectivity index (χ0) is 21.3. The molecule has 154 valence electrons. The number of hydrogen-bond acceptors (Lipinski definition) is 6. The Balaban J connectivity index is 1.66. The highest BCUT2D eigenvalue weighted by molar-refractivity contribution is 5.99. The van der Waals surface area contributed by atoms with Crippen LogP contribution < -0.4 is 15.8 Å². The SMILES string of the molecule is COc1ccc(CCNc2nc(-c3cccc(F)c3F)c3c(N)n(C)nc3n2)cc1. The number of benzene rings is 2. The second-order valence-electron chi connectivity index (χ2n) is 6.73. The number of nitrogens with zero attached hydrogens (tertiary/aromatic N) is 4. The van der Waals surface area contributed by atoms with Crippen LogP contribution in [0.4, 0.5) is 20.5 Å². The molecule has 0 spiro atoms. The van der Waals surface area contributed by atoms with Crippen molar-refractivity contribution in [3.05, 3.63) is 59.7 Å². The van der Waals surface area contributed by atoms with Crippen LogP contribution in [0, 0.1) is 11.6 Å². The number of anilines is 2. The molecule has 2 heterocycles. The fourth-order valence-corrected chi connectivity index (χ4v) is 3.19. The van der Waals surface area contributed by atoms with Crippen LogP contribution in [-0.4, -0.2) is 33.4 Å². The molecule has 2 aromatic carbocycles. The molecule has 0 atom stereocenters. The average molecular weight is 410 g/mol. The Labute approximate surface area is 171 Å². The van der Waals surface area contributed by atoms with Gasteiger partial charge in [-0.2, -0.15) is 10.1 Å². The van der Waals surface area contributed by atoms with Gasteiger partial charge in [-0.3, -0.25) is 4.68 Å². The summed E-state index contributed by atoms with van der Waals surface area (Å²) in [5.74, 6) is -0.642. The highest BCUT2D eigenvalue weighted by Crippen LogP contribution is 2.33. The predicted octanol–water partition coefficient (Wildman–Crippen LogP) is 3.55. The van der Waals surface area contributed by atoms with E-state index in [-0.39, 0.29) is 23.0 Å². The second-order valence-corrected chi connectivity index (χ2v) is 6.73. The molecule has 0 bridgehead atoms. The van der Waals surface area contributed by atoms with E-state index in [1.54, 1.807) is 14.2 Å². The zero-order valence-electron chi connectivity index (χ0n) is 16.5. The number of nitrogen functional groups attached to an aromatic ring is 1. The molecule has 0 radical (unpaired) electrons. The van der Waals surface area contributed by atoms with Crippen LogP contribution in [0.25, 0.3) is 22.3 Å². The lowest BCUT2D eigenvalue weighted by Crippen LogP contribution is -2.09. The summed E-state index contributed by atoms with van der Waals surface area (Å²) in [5, 5.41) is 7.77. The molecule has 0 aliphatic rings. The molecular weight excluding hydrogens is 390 g/mol. The molecule has 0 fully saturated rings. The van der Waals surface area contributed by atoms with Crippen LogP contribution in [0.15, 0.2) is 42.5 Å². The van der Waals surface area contributed by atoms with Crippen LogP contribution in [0.5, 0.6) is 5.75 Å². The Hall–Kier alpha value is -3.75. The van der Waals surface area contributed by atoms with Crippen LogP contribution >= 0.6 is 0 Å². The summed E-state index contributed by atoms with van der Waals surface area (Å²) >= 11 is 0.